The molecule has 1 amide bonds. The highest BCUT2D eigenvalue weighted by atomic mass is 16.5. The van der Waals surface area contributed by atoms with Gasteiger partial charge in [0.25, 0.3) is 5.91 Å². The monoisotopic (exact) mass is 325 g/mol. The van der Waals surface area contributed by atoms with Crippen LogP contribution in [0.4, 0.5) is 0 Å². The maximum absolute atomic E-state index is 12.7. The van der Waals surface area contributed by atoms with Crippen LogP contribution >= 0.6 is 0 Å². The molecule has 6 nitrogen and oxygen atoms in total. The zero-order chi connectivity index (χ0) is 17.1. The van der Waals surface area contributed by atoms with Gasteiger partial charge >= 0.3 is 0 Å². The number of amides is 1. The van der Waals surface area contributed by atoms with Gasteiger partial charge in [-0.05, 0) is 18.2 Å². The number of nitrogens with zero attached hydrogens (tertiary/aromatic N) is 3. The molecule has 1 aromatic carbocycles. The number of carbonyl (C=O) groups excluding carboxylic acids is 1. The zero-order valence-electron chi connectivity index (χ0n) is 13.9. The molecule has 0 atom stereocenters. The van der Waals surface area contributed by atoms with Crippen molar-refractivity contribution in [3.05, 3.63) is 59.5 Å². The van der Waals surface area contributed by atoms with Crippen molar-refractivity contribution in [2.24, 2.45) is 0 Å². The van der Waals surface area contributed by atoms with Crippen molar-refractivity contribution in [2.75, 3.05) is 7.05 Å². The van der Waals surface area contributed by atoms with Gasteiger partial charge in [-0.1, -0.05) is 37.2 Å². The maximum Gasteiger partial charge on any atom is 0.254 e. The van der Waals surface area contributed by atoms with Crippen molar-refractivity contribution >= 4 is 12.0 Å². The van der Waals surface area contributed by atoms with E-state index in [2.05, 4.69) is 10.1 Å². The lowest BCUT2D eigenvalue weighted by Crippen LogP contribution is -2.27. The summed E-state index contributed by atoms with van der Waals surface area (Å²) >= 11 is 0. The molecular weight excluding hydrogens is 306 g/mol. The molecule has 0 unspecified atom stereocenters. The number of hydrogen-bond donors (Lipinski definition) is 0. The topological polar surface area (TPSA) is 68.5 Å². The first kappa shape index (κ1) is 16.0. The number of carbonyl (C=O) groups is 1. The van der Waals surface area contributed by atoms with E-state index in [-0.39, 0.29) is 18.4 Å². The van der Waals surface area contributed by atoms with Gasteiger partial charge in [-0.25, -0.2) is 0 Å². The minimum absolute atomic E-state index is 0.137. The van der Waals surface area contributed by atoms with Gasteiger partial charge in [-0.15, -0.1) is 0 Å². The third-order valence-corrected chi connectivity index (χ3v) is 3.62. The van der Waals surface area contributed by atoms with Gasteiger partial charge in [0.05, 0.1) is 12.8 Å². The number of rotatable bonds is 4. The van der Waals surface area contributed by atoms with E-state index in [1.54, 1.807) is 18.0 Å². The first-order valence-corrected chi connectivity index (χ1v) is 7.76. The van der Waals surface area contributed by atoms with Crippen molar-refractivity contribution < 1.29 is 14.1 Å². The summed E-state index contributed by atoms with van der Waals surface area (Å²) in [6.07, 6.45) is 5.00. The summed E-state index contributed by atoms with van der Waals surface area (Å²) in [5, 5.41) is 3.92. The zero-order valence-corrected chi connectivity index (χ0v) is 13.9. The van der Waals surface area contributed by atoms with Crippen LogP contribution in [0.15, 0.2) is 46.7 Å². The van der Waals surface area contributed by atoms with Crippen LogP contribution in [0.5, 0.6) is 5.75 Å². The van der Waals surface area contributed by atoms with Crippen LogP contribution in [0.3, 0.4) is 0 Å². The van der Waals surface area contributed by atoms with Crippen molar-refractivity contribution in [2.45, 2.75) is 26.3 Å². The fourth-order valence-electron chi connectivity index (χ4n) is 2.31. The second kappa shape index (κ2) is 6.70. The fraction of sp³-hybridized carbons (Fsp3) is 0.278. The van der Waals surface area contributed by atoms with E-state index < -0.39 is 0 Å². The van der Waals surface area contributed by atoms with E-state index in [1.807, 2.05) is 44.2 Å². The maximum atomic E-state index is 12.7. The van der Waals surface area contributed by atoms with Gasteiger partial charge in [0, 0.05) is 24.1 Å². The smallest absolute Gasteiger partial charge is 0.254 e. The predicted octanol–water partition coefficient (Wildman–Crippen LogP) is 3.14. The first-order valence-electron chi connectivity index (χ1n) is 7.76. The average molecular weight is 325 g/mol. The van der Waals surface area contributed by atoms with E-state index in [1.165, 1.54) is 6.26 Å². The molecular formula is C18H19N3O3. The Bertz CT molecular complexity index is 805. The van der Waals surface area contributed by atoms with Crippen LogP contribution in [-0.4, -0.2) is 28.0 Å². The van der Waals surface area contributed by atoms with Crippen molar-refractivity contribution in [3.63, 3.8) is 0 Å². The number of fused-ring (bicyclic) bond motifs is 1. The predicted molar refractivity (Wildman–Crippen MR) is 89.0 cm³/mol. The second-order valence-electron chi connectivity index (χ2n) is 5.92. The molecule has 124 valence electrons. The molecule has 1 aliphatic rings. The van der Waals surface area contributed by atoms with Crippen LogP contribution in [0.25, 0.3) is 6.08 Å². The molecule has 0 N–H and O–H groups in total. The van der Waals surface area contributed by atoms with Gasteiger partial charge < -0.3 is 14.2 Å². The molecule has 0 aliphatic carbocycles. The van der Waals surface area contributed by atoms with Gasteiger partial charge in [0.1, 0.15) is 5.75 Å². The summed E-state index contributed by atoms with van der Waals surface area (Å²) in [5.74, 6) is 1.81. The van der Waals surface area contributed by atoms with Crippen LogP contribution < -0.4 is 4.74 Å². The highest BCUT2D eigenvalue weighted by Gasteiger charge is 2.18. The molecule has 3 rings (SSSR count). The quantitative estimate of drug-likeness (QED) is 0.864. The van der Waals surface area contributed by atoms with E-state index in [0.29, 0.717) is 17.3 Å². The molecule has 0 saturated carbocycles. The van der Waals surface area contributed by atoms with Gasteiger partial charge in [-0.2, -0.15) is 4.98 Å². The van der Waals surface area contributed by atoms with Crippen LogP contribution in [-0.2, 0) is 11.3 Å². The van der Waals surface area contributed by atoms with Gasteiger partial charge in [-0.3, -0.25) is 4.79 Å². The Balaban J connectivity index is 1.76. The molecule has 1 aliphatic heterocycles. The van der Waals surface area contributed by atoms with Crippen molar-refractivity contribution in [1.29, 1.82) is 0 Å². The van der Waals surface area contributed by atoms with E-state index >= 15 is 0 Å². The largest absolute Gasteiger partial charge is 0.464 e. The molecule has 24 heavy (non-hydrogen) atoms. The summed E-state index contributed by atoms with van der Waals surface area (Å²) in [7, 11) is 1.71. The molecule has 6 heteroatoms. The lowest BCUT2D eigenvalue weighted by Gasteiger charge is -2.15. The number of aromatic nitrogens is 2. The summed E-state index contributed by atoms with van der Waals surface area (Å²) in [6, 6.07) is 7.56. The van der Waals surface area contributed by atoms with Crippen LogP contribution in [0.2, 0.25) is 0 Å². The summed E-state index contributed by atoms with van der Waals surface area (Å²) in [4.78, 5) is 18.5. The summed E-state index contributed by atoms with van der Waals surface area (Å²) < 4.78 is 10.7. The minimum atomic E-state index is -0.137. The third-order valence-electron chi connectivity index (χ3n) is 3.62. The summed E-state index contributed by atoms with van der Waals surface area (Å²) in [6.45, 7) is 4.23. The van der Waals surface area contributed by atoms with Gasteiger partial charge in [0.2, 0.25) is 5.89 Å². The Morgan fingerprint density at radius 2 is 2.08 bits per heavy atom. The Morgan fingerprint density at radius 3 is 2.83 bits per heavy atom. The molecule has 0 spiro atoms. The number of hydrogen-bond acceptors (Lipinski definition) is 5. The van der Waals surface area contributed by atoms with E-state index in [4.69, 9.17) is 9.26 Å². The fourth-order valence-corrected chi connectivity index (χ4v) is 2.31. The number of likely N-dealkylation sites (N-methyl/N-ethyl adjacent to an activating group) is 1. The first-order chi connectivity index (χ1) is 11.5. The molecule has 2 aromatic rings. The number of ether oxygens (including phenoxy) is 1. The second-order valence-corrected chi connectivity index (χ2v) is 5.92. The van der Waals surface area contributed by atoms with E-state index in [0.717, 1.165) is 11.3 Å². The SMILES string of the molecule is CC(C)c1nc(CN(C)C(=O)C2=Cc3ccccc3OC=C2)no1. The highest BCUT2D eigenvalue weighted by molar-refractivity contribution is 6.00. The lowest BCUT2D eigenvalue weighted by molar-refractivity contribution is -0.126. The van der Waals surface area contributed by atoms with Crippen molar-refractivity contribution in [3.8, 4) is 5.75 Å². The van der Waals surface area contributed by atoms with Crippen molar-refractivity contribution in [1.82, 2.24) is 15.0 Å². The number of benzene rings is 1. The standard InChI is InChI=1S/C18H19N3O3/c1-12(2)17-19-16(20-24-17)11-21(3)18(22)14-8-9-23-15-7-5-4-6-13(15)10-14/h4-10,12H,11H2,1-3H3. The van der Waals surface area contributed by atoms with Crippen LogP contribution in [0, 0.1) is 0 Å². The Hall–Kier alpha value is -2.89. The minimum Gasteiger partial charge on any atom is -0.464 e. The molecule has 0 radical (unpaired) electrons. The van der Waals surface area contributed by atoms with Gasteiger partial charge in [0.15, 0.2) is 5.82 Å². The average Bonchev–Trinajstić information content (AvgIpc) is 2.92. The Morgan fingerprint density at radius 1 is 1.29 bits per heavy atom. The molecule has 0 bridgehead atoms. The number of para-hydroxylation sites is 1. The Labute approximate surface area is 140 Å². The summed E-state index contributed by atoms with van der Waals surface area (Å²) in [5.41, 5.74) is 1.40. The molecule has 1 aromatic heterocycles. The lowest BCUT2D eigenvalue weighted by atomic mass is 10.1. The Kier molecular flexibility index (Phi) is 4.46. The third kappa shape index (κ3) is 3.37. The molecule has 2 heterocycles. The molecule has 0 saturated heterocycles. The van der Waals surface area contributed by atoms with Crippen LogP contribution in [0.1, 0.15) is 37.0 Å². The van der Waals surface area contributed by atoms with E-state index in [9.17, 15) is 4.79 Å². The highest BCUT2D eigenvalue weighted by Crippen LogP contribution is 2.25. The molecule has 0 fully saturated rings. The normalized spacial score (nSPS) is 13.1.